The van der Waals surface area contributed by atoms with E-state index in [1.807, 2.05) is 0 Å². The highest BCUT2D eigenvalue weighted by Gasteiger charge is 1.90. The van der Waals surface area contributed by atoms with Crippen LogP contribution < -0.4 is 0 Å². The summed E-state index contributed by atoms with van der Waals surface area (Å²) in [6.45, 7) is 1.24. The van der Waals surface area contributed by atoms with Crippen molar-refractivity contribution in [2.75, 3.05) is 43.8 Å². The van der Waals surface area contributed by atoms with Crippen molar-refractivity contribution in [3.63, 3.8) is 0 Å². The molecule has 0 aromatic rings. The molecule has 0 amide bonds. The molecule has 14 heavy (non-hydrogen) atoms. The van der Waals surface area contributed by atoms with Crippen molar-refractivity contribution in [3.8, 4) is 0 Å². The fourth-order valence-corrected chi connectivity index (χ4v) is 1.21. The average Bonchev–Trinajstić information content (AvgIpc) is 2.21. The topological polar surface area (TPSA) is 36.9 Å². The smallest absolute Gasteiger partial charge is 0.148 e. The first-order valence-electron chi connectivity index (χ1n) is 4.02. The van der Waals surface area contributed by atoms with Gasteiger partial charge in [-0.05, 0) is 0 Å². The Balaban J connectivity index is 2.78. The zero-order valence-electron chi connectivity index (χ0n) is 7.89. The van der Waals surface area contributed by atoms with E-state index >= 15 is 0 Å². The SMILES string of the molecule is SCOCOCCSCOCOCS. The molecule has 0 aliphatic heterocycles. The summed E-state index contributed by atoms with van der Waals surface area (Å²) in [6.07, 6.45) is 0. The van der Waals surface area contributed by atoms with Crippen LogP contribution in [0.4, 0.5) is 0 Å². The number of ether oxygens (including phenoxy) is 4. The Bertz CT molecular complexity index is 94.9. The molecule has 0 fully saturated rings. The third kappa shape index (κ3) is 12.9. The molecule has 0 heterocycles. The van der Waals surface area contributed by atoms with E-state index in [1.165, 1.54) is 0 Å². The first-order valence-corrected chi connectivity index (χ1v) is 6.44. The van der Waals surface area contributed by atoms with E-state index in [0.717, 1.165) is 5.75 Å². The normalized spacial score (nSPS) is 10.7. The van der Waals surface area contributed by atoms with Gasteiger partial charge in [0.25, 0.3) is 0 Å². The molecule has 4 nitrogen and oxygen atoms in total. The van der Waals surface area contributed by atoms with E-state index in [2.05, 4.69) is 25.3 Å². The van der Waals surface area contributed by atoms with E-state index in [-0.39, 0.29) is 0 Å². The summed E-state index contributed by atoms with van der Waals surface area (Å²) in [4.78, 5) is 0. The molecule has 0 aliphatic rings. The maximum atomic E-state index is 5.11. The Morgan fingerprint density at radius 2 is 1.50 bits per heavy atom. The van der Waals surface area contributed by atoms with Crippen LogP contribution in [-0.2, 0) is 18.9 Å². The zero-order valence-corrected chi connectivity index (χ0v) is 10.5. The van der Waals surface area contributed by atoms with Gasteiger partial charge in [-0.3, -0.25) is 0 Å². The van der Waals surface area contributed by atoms with Crippen molar-refractivity contribution < 1.29 is 18.9 Å². The Labute approximate surface area is 99.8 Å². The van der Waals surface area contributed by atoms with Gasteiger partial charge in [-0.15, -0.1) is 11.8 Å². The summed E-state index contributed by atoms with van der Waals surface area (Å²) in [7, 11) is 0. The average molecular weight is 260 g/mol. The molecule has 0 unspecified atom stereocenters. The van der Waals surface area contributed by atoms with Gasteiger partial charge in [-0.2, -0.15) is 25.3 Å². The molecule has 0 aliphatic carbocycles. The van der Waals surface area contributed by atoms with E-state index in [1.54, 1.807) is 11.8 Å². The number of hydrogen-bond donors (Lipinski definition) is 2. The predicted molar refractivity (Wildman–Crippen MR) is 64.0 cm³/mol. The van der Waals surface area contributed by atoms with Crippen molar-refractivity contribution in [2.24, 2.45) is 0 Å². The van der Waals surface area contributed by atoms with Crippen molar-refractivity contribution >= 4 is 37.0 Å². The summed E-state index contributed by atoms with van der Waals surface area (Å²) in [5.41, 5.74) is 0. The van der Waals surface area contributed by atoms with Crippen LogP contribution >= 0.6 is 37.0 Å². The first-order chi connectivity index (χ1) is 6.91. The van der Waals surface area contributed by atoms with E-state index in [9.17, 15) is 0 Å². The number of thioether (sulfide) groups is 1. The van der Waals surface area contributed by atoms with Gasteiger partial charge in [0.1, 0.15) is 13.6 Å². The molecule has 0 aromatic heterocycles. The lowest BCUT2D eigenvalue weighted by Crippen LogP contribution is -2.04. The van der Waals surface area contributed by atoms with Gasteiger partial charge >= 0.3 is 0 Å². The van der Waals surface area contributed by atoms with Gasteiger partial charge in [0.15, 0.2) is 0 Å². The minimum atomic E-state index is 0.292. The molecule has 0 N–H and O–H groups in total. The fraction of sp³-hybridized carbons (Fsp3) is 1.00. The minimum Gasteiger partial charge on any atom is -0.355 e. The van der Waals surface area contributed by atoms with Crippen LogP contribution in [0.2, 0.25) is 0 Å². The molecule has 7 heteroatoms. The van der Waals surface area contributed by atoms with Crippen LogP contribution in [0.15, 0.2) is 0 Å². The molecule has 0 aromatic carbocycles. The molecule has 0 rings (SSSR count). The molecule has 0 saturated heterocycles. The largest absolute Gasteiger partial charge is 0.355 e. The standard InChI is InChI=1S/C7H16O4S3/c12-5-9-3-8-1-2-14-7-11-4-10-6-13/h12-13H,1-7H2. The maximum Gasteiger partial charge on any atom is 0.148 e. The molecule has 0 atom stereocenters. The molecule has 0 radical (unpaired) electrons. The van der Waals surface area contributed by atoms with Crippen LogP contribution in [0.5, 0.6) is 0 Å². The van der Waals surface area contributed by atoms with Gasteiger partial charge in [0.2, 0.25) is 0 Å². The second-order valence-electron chi connectivity index (χ2n) is 2.04. The van der Waals surface area contributed by atoms with Crippen LogP contribution in [0.1, 0.15) is 0 Å². The second-order valence-corrected chi connectivity index (χ2v) is 3.61. The highest BCUT2D eigenvalue weighted by Crippen LogP contribution is 2.00. The Hall–Kier alpha value is 0.890. The van der Waals surface area contributed by atoms with Crippen LogP contribution in [0, 0.1) is 0 Å². The van der Waals surface area contributed by atoms with Gasteiger partial charge in [0, 0.05) is 5.75 Å². The summed E-state index contributed by atoms with van der Waals surface area (Å²) in [5.74, 6) is 2.24. The number of thiol groups is 2. The second kappa shape index (κ2) is 13.9. The number of rotatable bonds is 11. The van der Waals surface area contributed by atoms with Crippen LogP contribution in [0.25, 0.3) is 0 Å². The van der Waals surface area contributed by atoms with Crippen molar-refractivity contribution in [1.29, 1.82) is 0 Å². The fourth-order valence-electron chi connectivity index (χ4n) is 0.521. The van der Waals surface area contributed by atoms with E-state index in [0.29, 0.717) is 38.0 Å². The lowest BCUT2D eigenvalue weighted by atomic mass is 10.9. The summed E-state index contributed by atoms with van der Waals surface area (Å²) in [6, 6.07) is 0. The lowest BCUT2D eigenvalue weighted by molar-refractivity contribution is -0.0303. The first kappa shape index (κ1) is 14.9. The zero-order chi connectivity index (χ0) is 10.5. The van der Waals surface area contributed by atoms with Gasteiger partial charge < -0.3 is 18.9 Å². The van der Waals surface area contributed by atoms with Crippen LogP contribution in [0.3, 0.4) is 0 Å². The molecule has 0 bridgehead atoms. The maximum absolute atomic E-state index is 5.11. The number of hydrogen-bond acceptors (Lipinski definition) is 7. The third-order valence-corrected chi connectivity index (χ3v) is 2.21. The van der Waals surface area contributed by atoms with Gasteiger partial charge in [0.05, 0.1) is 24.4 Å². The Morgan fingerprint density at radius 1 is 0.857 bits per heavy atom. The quantitative estimate of drug-likeness (QED) is 0.334. The molecule has 0 saturated carbocycles. The Kier molecular flexibility index (Phi) is 14.8. The Morgan fingerprint density at radius 3 is 2.14 bits per heavy atom. The highest BCUT2D eigenvalue weighted by atomic mass is 32.2. The van der Waals surface area contributed by atoms with E-state index < -0.39 is 0 Å². The molecular formula is C7H16O4S3. The monoisotopic (exact) mass is 260 g/mol. The third-order valence-electron chi connectivity index (χ3n) is 1.05. The van der Waals surface area contributed by atoms with Gasteiger partial charge in [-0.1, -0.05) is 0 Å². The van der Waals surface area contributed by atoms with Crippen molar-refractivity contribution in [2.45, 2.75) is 0 Å². The summed E-state index contributed by atoms with van der Waals surface area (Å²) < 4.78 is 19.9. The summed E-state index contributed by atoms with van der Waals surface area (Å²) in [5, 5.41) is 0. The molecule has 0 spiro atoms. The van der Waals surface area contributed by atoms with Gasteiger partial charge in [-0.25, -0.2) is 0 Å². The van der Waals surface area contributed by atoms with E-state index in [4.69, 9.17) is 18.9 Å². The summed E-state index contributed by atoms with van der Waals surface area (Å²) >= 11 is 9.36. The van der Waals surface area contributed by atoms with Crippen molar-refractivity contribution in [3.05, 3.63) is 0 Å². The lowest BCUT2D eigenvalue weighted by Gasteiger charge is -2.04. The highest BCUT2D eigenvalue weighted by molar-refractivity contribution is 7.99. The molecule has 86 valence electrons. The predicted octanol–water partition coefficient (Wildman–Crippen LogP) is 1.43. The minimum absolute atomic E-state index is 0.292. The van der Waals surface area contributed by atoms with Crippen LogP contribution in [-0.4, -0.2) is 43.8 Å². The molecular weight excluding hydrogens is 244 g/mol. The van der Waals surface area contributed by atoms with Crippen molar-refractivity contribution in [1.82, 2.24) is 0 Å².